The van der Waals surface area contributed by atoms with Gasteiger partial charge < -0.3 is 8.98 Å². The lowest BCUT2D eigenvalue weighted by Gasteiger charge is -2.14. The van der Waals surface area contributed by atoms with Crippen molar-refractivity contribution in [3.63, 3.8) is 0 Å². The summed E-state index contributed by atoms with van der Waals surface area (Å²) in [6, 6.07) is 55.5. The maximum absolute atomic E-state index is 6.23. The van der Waals surface area contributed by atoms with Crippen molar-refractivity contribution in [3.8, 4) is 16.8 Å². The minimum absolute atomic E-state index is 0.917. The minimum atomic E-state index is 0.917. The van der Waals surface area contributed by atoms with Gasteiger partial charge in [0.1, 0.15) is 11.2 Å². The minimum Gasteiger partial charge on any atom is -0.456 e. The van der Waals surface area contributed by atoms with Crippen LogP contribution in [0.4, 0.5) is 0 Å². The van der Waals surface area contributed by atoms with Gasteiger partial charge in [0.25, 0.3) is 0 Å². The van der Waals surface area contributed by atoms with E-state index in [4.69, 9.17) is 4.42 Å². The summed E-state index contributed by atoms with van der Waals surface area (Å²) in [4.78, 5) is 0. The SMILES string of the molecule is c1ccc(-n2c3ccccc3c3cc4c(-c5ccc6oc7ccccc7c6c5)cc5cc6sc7ccccc7c6cc5c4cc32)cc1. The number of thiophene rings is 1. The first-order chi connectivity index (χ1) is 23.3. The van der Waals surface area contributed by atoms with E-state index in [9.17, 15) is 0 Å². The van der Waals surface area contributed by atoms with Crippen molar-refractivity contribution >= 4 is 96.8 Å². The Morgan fingerprint density at radius 2 is 1.15 bits per heavy atom. The maximum atomic E-state index is 6.23. The molecule has 0 aliphatic heterocycles. The predicted molar refractivity (Wildman–Crippen MR) is 201 cm³/mol. The van der Waals surface area contributed by atoms with Crippen molar-refractivity contribution in [2.75, 3.05) is 0 Å². The van der Waals surface area contributed by atoms with Gasteiger partial charge in [0.2, 0.25) is 0 Å². The number of aromatic nitrogens is 1. The summed E-state index contributed by atoms with van der Waals surface area (Å²) in [6.07, 6.45) is 0. The van der Waals surface area contributed by atoms with Crippen LogP contribution in [0.25, 0.3) is 102 Å². The average Bonchev–Trinajstić information content (AvgIpc) is 3.78. The van der Waals surface area contributed by atoms with E-state index < -0.39 is 0 Å². The number of nitrogens with zero attached hydrogens (tertiary/aromatic N) is 1. The van der Waals surface area contributed by atoms with E-state index in [-0.39, 0.29) is 0 Å². The second-order valence-electron chi connectivity index (χ2n) is 12.5. The van der Waals surface area contributed by atoms with E-state index >= 15 is 0 Å². The fraction of sp³-hybridized carbons (Fsp3) is 0. The van der Waals surface area contributed by atoms with E-state index in [0.29, 0.717) is 0 Å². The zero-order chi connectivity index (χ0) is 30.6. The summed E-state index contributed by atoms with van der Waals surface area (Å²) >= 11 is 1.88. The molecule has 8 aromatic carbocycles. The molecule has 0 unspecified atom stereocenters. The van der Waals surface area contributed by atoms with Crippen LogP contribution in [0.3, 0.4) is 0 Å². The Balaban J connectivity index is 1.32. The second kappa shape index (κ2) is 9.32. The molecule has 0 amide bonds. The molecule has 0 aliphatic rings. The molecule has 0 fully saturated rings. The van der Waals surface area contributed by atoms with Crippen molar-refractivity contribution in [1.29, 1.82) is 0 Å². The van der Waals surface area contributed by atoms with Crippen LogP contribution in [0.5, 0.6) is 0 Å². The molecule has 0 aliphatic carbocycles. The van der Waals surface area contributed by atoms with Gasteiger partial charge in [0, 0.05) is 47.4 Å². The molecule has 0 spiro atoms. The lowest BCUT2D eigenvalue weighted by Crippen LogP contribution is -1.93. The number of para-hydroxylation sites is 3. The highest BCUT2D eigenvalue weighted by Gasteiger charge is 2.18. The monoisotopic (exact) mass is 615 g/mol. The van der Waals surface area contributed by atoms with Gasteiger partial charge in [-0.2, -0.15) is 0 Å². The van der Waals surface area contributed by atoms with Gasteiger partial charge in [-0.05, 0) is 105 Å². The second-order valence-corrected chi connectivity index (χ2v) is 13.6. The van der Waals surface area contributed by atoms with Gasteiger partial charge in [0.15, 0.2) is 0 Å². The highest BCUT2D eigenvalue weighted by Crippen LogP contribution is 2.45. The summed E-state index contributed by atoms with van der Waals surface area (Å²) in [6.45, 7) is 0. The van der Waals surface area contributed by atoms with Crippen molar-refractivity contribution < 1.29 is 4.42 Å². The van der Waals surface area contributed by atoms with E-state index in [0.717, 1.165) is 21.9 Å². The molecule has 3 aromatic heterocycles. The molecule has 0 N–H and O–H groups in total. The zero-order valence-electron chi connectivity index (χ0n) is 25.2. The van der Waals surface area contributed by atoms with Crippen LogP contribution in [0, 0.1) is 0 Å². The summed E-state index contributed by atoms with van der Waals surface area (Å²) in [5, 5.41) is 12.5. The first-order valence-corrected chi connectivity index (χ1v) is 16.8. The summed E-state index contributed by atoms with van der Waals surface area (Å²) in [7, 11) is 0. The molecule has 0 saturated heterocycles. The van der Waals surface area contributed by atoms with Crippen LogP contribution in [0.1, 0.15) is 0 Å². The highest BCUT2D eigenvalue weighted by atomic mass is 32.1. The Hall–Kier alpha value is -5.90. The molecule has 11 rings (SSSR count). The van der Waals surface area contributed by atoms with Gasteiger partial charge in [-0.1, -0.05) is 78.9 Å². The van der Waals surface area contributed by atoms with Crippen LogP contribution in [-0.4, -0.2) is 4.57 Å². The summed E-state index contributed by atoms with van der Waals surface area (Å²) in [5.41, 5.74) is 7.87. The Labute approximate surface area is 273 Å². The number of rotatable bonds is 2. The smallest absolute Gasteiger partial charge is 0.135 e. The van der Waals surface area contributed by atoms with E-state index in [1.165, 1.54) is 80.3 Å². The molecule has 2 nitrogen and oxygen atoms in total. The van der Waals surface area contributed by atoms with E-state index in [1.807, 2.05) is 17.4 Å². The van der Waals surface area contributed by atoms with Crippen molar-refractivity contribution in [1.82, 2.24) is 4.57 Å². The van der Waals surface area contributed by atoms with Crippen molar-refractivity contribution in [2.45, 2.75) is 0 Å². The number of hydrogen-bond donors (Lipinski definition) is 0. The average molecular weight is 616 g/mol. The molecule has 3 heterocycles. The van der Waals surface area contributed by atoms with Crippen LogP contribution in [0.15, 0.2) is 156 Å². The number of furan rings is 1. The molecular formula is C44H25NOS. The van der Waals surface area contributed by atoms with E-state index in [1.54, 1.807) is 0 Å². The Kier molecular flexibility index (Phi) is 5.02. The van der Waals surface area contributed by atoms with Gasteiger partial charge >= 0.3 is 0 Å². The quantitative estimate of drug-likeness (QED) is 0.177. The third-order valence-electron chi connectivity index (χ3n) is 9.94. The van der Waals surface area contributed by atoms with Crippen LogP contribution in [-0.2, 0) is 0 Å². The van der Waals surface area contributed by atoms with Gasteiger partial charge in [-0.15, -0.1) is 11.3 Å². The van der Waals surface area contributed by atoms with Crippen LogP contribution in [0.2, 0.25) is 0 Å². The van der Waals surface area contributed by atoms with Crippen molar-refractivity contribution in [3.05, 3.63) is 152 Å². The summed E-state index contributed by atoms with van der Waals surface area (Å²) < 4.78 is 11.3. The maximum Gasteiger partial charge on any atom is 0.135 e. The number of hydrogen-bond acceptors (Lipinski definition) is 2. The molecule has 11 aromatic rings. The molecular weight excluding hydrogens is 591 g/mol. The Bertz CT molecular complexity index is 3070. The normalized spacial score (nSPS) is 12.3. The fourth-order valence-electron chi connectivity index (χ4n) is 7.82. The predicted octanol–water partition coefficient (Wildman–Crippen LogP) is 13.0. The van der Waals surface area contributed by atoms with E-state index in [2.05, 4.69) is 150 Å². The van der Waals surface area contributed by atoms with Crippen LogP contribution >= 0.6 is 11.3 Å². The third-order valence-corrected chi connectivity index (χ3v) is 11.1. The zero-order valence-corrected chi connectivity index (χ0v) is 26.0. The molecule has 0 bridgehead atoms. The lowest BCUT2D eigenvalue weighted by molar-refractivity contribution is 0.669. The number of fused-ring (bicyclic) bond motifs is 12. The van der Waals surface area contributed by atoms with Crippen molar-refractivity contribution in [2.24, 2.45) is 0 Å². The molecule has 3 heteroatoms. The largest absolute Gasteiger partial charge is 0.456 e. The lowest BCUT2D eigenvalue weighted by atomic mass is 9.91. The van der Waals surface area contributed by atoms with Crippen LogP contribution < -0.4 is 0 Å². The molecule has 218 valence electrons. The first-order valence-electron chi connectivity index (χ1n) is 16.0. The molecule has 0 saturated carbocycles. The fourth-order valence-corrected chi connectivity index (χ4v) is 8.96. The topological polar surface area (TPSA) is 18.1 Å². The Morgan fingerprint density at radius 1 is 0.404 bits per heavy atom. The molecule has 0 radical (unpaired) electrons. The standard InChI is InChI=1S/C44H25NOS/c1-2-10-28(11-3-1)45-39-15-7-4-12-29(39)36-24-34-32(26-18-19-42-37(20-26)30-13-5-8-16-41(30)46-42)21-27-22-44-38(23-33(27)35(34)25-40(36)45)31-14-6-9-17-43(31)47-44/h1-25H. The van der Waals surface area contributed by atoms with Gasteiger partial charge in [-0.25, -0.2) is 0 Å². The van der Waals surface area contributed by atoms with Gasteiger partial charge in [-0.3, -0.25) is 0 Å². The first kappa shape index (κ1) is 25.3. The summed E-state index contributed by atoms with van der Waals surface area (Å²) in [5.74, 6) is 0. The molecule has 47 heavy (non-hydrogen) atoms. The van der Waals surface area contributed by atoms with Gasteiger partial charge in [0.05, 0.1) is 11.0 Å². The highest BCUT2D eigenvalue weighted by molar-refractivity contribution is 7.25. The molecule has 0 atom stereocenters. The third kappa shape index (κ3) is 3.55. The number of benzene rings is 8. The Morgan fingerprint density at radius 3 is 2.06 bits per heavy atom.